The molecule has 0 spiro atoms. The summed E-state index contributed by atoms with van der Waals surface area (Å²) < 4.78 is 13.0. The Bertz CT molecular complexity index is 369. The Balaban J connectivity index is 0.00000121. The highest BCUT2D eigenvalue weighted by Gasteiger charge is 2.04. The SMILES string of the molecule is CC.Cc1ccc(F)cc1CN(C)CCC#N. The van der Waals surface area contributed by atoms with E-state index < -0.39 is 0 Å². The minimum absolute atomic E-state index is 0.204. The Labute approximate surface area is 104 Å². The lowest BCUT2D eigenvalue weighted by molar-refractivity contribution is 0.333. The van der Waals surface area contributed by atoms with Crippen LogP contribution in [0.5, 0.6) is 0 Å². The van der Waals surface area contributed by atoms with Gasteiger partial charge in [0.1, 0.15) is 5.82 Å². The Kier molecular flexibility index (Phi) is 8.00. The Morgan fingerprint density at radius 1 is 1.35 bits per heavy atom. The largest absolute Gasteiger partial charge is 0.301 e. The van der Waals surface area contributed by atoms with Crippen molar-refractivity contribution in [2.75, 3.05) is 13.6 Å². The number of benzene rings is 1. The zero-order valence-electron chi connectivity index (χ0n) is 11.1. The van der Waals surface area contributed by atoms with Crippen LogP contribution in [0.15, 0.2) is 18.2 Å². The first-order valence-electron chi connectivity index (χ1n) is 5.94. The van der Waals surface area contributed by atoms with Crippen molar-refractivity contribution in [1.29, 1.82) is 5.26 Å². The number of nitriles is 1. The zero-order valence-corrected chi connectivity index (χ0v) is 11.1. The highest BCUT2D eigenvalue weighted by molar-refractivity contribution is 5.26. The van der Waals surface area contributed by atoms with Gasteiger partial charge < -0.3 is 4.90 Å². The van der Waals surface area contributed by atoms with Crippen LogP contribution >= 0.6 is 0 Å². The molecular weight excluding hydrogens is 215 g/mol. The van der Waals surface area contributed by atoms with E-state index >= 15 is 0 Å². The summed E-state index contributed by atoms with van der Waals surface area (Å²) in [5.41, 5.74) is 2.07. The Hall–Kier alpha value is -1.40. The molecule has 0 saturated carbocycles. The van der Waals surface area contributed by atoms with Gasteiger partial charge in [0.2, 0.25) is 0 Å². The third-order valence-electron chi connectivity index (χ3n) is 2.36. The lowest BCUT2D eigenvalue weighted by atomic mass is 10.1. The van der Waals surface area contributed by atoms with Crippen molar-refractivity contribution in [3.63, 3.8) is 0 Å². The van der Waals surface area contributed by atoms with Crippen molar-refractivity contribution in [3.8, 4) is 6.07 Å². The van der Waals surface area contributed by atoms with Crippen LogP contribution in [0.25, 0.3) is 0 Å². The van der Waals surface area contributed by atoms with Crippen LogP contribution in [0.2, 0.25) is 0 Å². The summed E-state index contributed by atoms with van der Waals surface area (Å²) in [6, 6.07) is 6.90. The first-order chi connectivity index (χ1) is 8.13. The minimum Gasteiger partial charge on any atom is -0.301 e. The average Bonchev–Trinajstić information content (AvgIpc) is 2.34. The fourth-order valence-corrected chi connectivity index (χ4v) is 1.42. The van der Waals surface area contributed by atoms with Crippen LogP contribution in [0.4, 0.5) is 4.39 Å². The number of hydrogen-bond donors (Lipinski definition) is 0. The number of nitrogens with zero attached hydrogens (tertiary/aromatic N) is 2. The van der Waals surface area contributed by atoms with Crippen LogP contribution in [0.1, 0.15) is 31.4 Å². The molecule has 0 radical (unpaired) electrons. The quantitative estimate of drug-likeness (QED) is 0.800. The van der Waals surface area contributed by atoms with Gasteiger partial charge in [-0.25, -0.2) is 4.39 Å². The van der Waals surface area contributed by atoms with E-state index in [1.165, 1.54) is 6.07 Å². The van der Waals surface area contributed by atoms with Gasteiger partial charge in [-0.15, -0.1) is 0 Å². The molecule has 0 heterocycles. The lowest BCUT2D eigenvalue weighted by Gasteiger charge is -2.16. The van der Waals surface area contributed by atoms with Gasteiger partial charge in [0.05, 0.1) is 6.07 Å². The predicted molar refractivity (Wildman–Crippen MR) is 69.0 cm³/mol. The highest BCUT2D eigenvalue weighted by atomic mass is 19.1. The molecule has 1 aromatic carbocycles. The maximum atomic E-state index is 13.0. The molecule has 0 bridgehead atoms. The van der Waals surface area contributed by atoms with Gasteiger partial charge in [0.25, 0.3) is 0 Å². The maximum absolute atomic E-state index is 13.0. The molecule has 0 fully saturated rings. The molecule has 0 aromatic heterocycles. The van der Waals surface area contributed by atoms with Gasteiger partial charge in [0.15, 0.2) is 0 Å². The highest BCUT2D eigenvalue weighted by Crippen LogP contribution is 2.12. The molecule has 0 amide bonds. The maximum Gasteiger partial charge on any atom is 0.123 e. The molecular formula is C14H21FN2. The summed E-state index contributed by atoms with van der Waals surface area (Å²) in [7, 11) is 1.93. The van der Waals surface area contributed by atoms with E-state index in [4.69, 9.17) is 5.26 Å². The Morgan fingerprint density at radius 2 is 2.00 bits per heavy atom. The first-order valence-corrected chi connectivity index (χ1v) is 5.94. The molecule has 17 heavy (non-hydrogen) atoms. The normalized spacial score (nSPS) is 9.47. The van der Waals surface area contributed by atoms with Gasteiger partial charge in [-0.3, -0.25) is 0 Å². The molecule has 0 aliphatic heterocycles. The summed E-state index contributed by atoms with van der Waals surface area (Å²) in [6.07, 6.45) is 0.505. The predicted octanol–water partition coefficient (Wildman–Crippen LogP) is 3.51. The van der Waals surface area contributed by atoms with Crippen LogP contribution in [0, 0.1) is 24.1 Å². The zero-order chi connectivity index (χ0) is 13.3. The van der Waals surface area contributed by atoms with Crippen molar-refractivity contribution < 1.29 is 4.39 Å². The third kappa shape index (κ3) is 6.03. The molecule has 1 rings (SSSR count). The van der Waals surface area contributed by atoms with Crippen molar-refractivity contribution in [3.05, 3.63) is 35.1 Å². The summed E-state index contributed by atoms with van der Waals surface area (Å²) >= 11 is 0. The Morgan fingerprint density at radius 3 is 2.59 bits per heavy atom. The molecule has 1 aromatic rings. The van der Waals surface area contributed by atoms with Crippen LogP contribution in [-0.4, -0.2) is 18.5 Å². The van der Waals surface area contributed by atoms with Crippen LogP contribution in [-0.2, 0) is 6.54 Å². The van der Waals surface area contributed by atoms with Crippen molar-refractivity contribution in [2.45, 2.75) is 33.7 Å². The molecule has 0 N–H and O–H groups in total. The van der Waals surface area contributed by atoms with E-state index in [1.54, 1.807) is 12.1 Å². The van der Waals surface area contributed by atoms with E-state index in [-0.39, 0.29) is 5.82 Å². The van der Waals surface area contributed by atoms with E-state index in [1.807, 2.05) is 32.7 Å². The monoisotopic (exact) mass is 236 g/mol. The van der Waals surface area contributed by atoms with Crippen molar-refractivity contribution in [2.24, 2.45) is 0 Å². The smallest absolute Gasteiger partial charge is 0.123 e. The molecule has 0 unspecified atom stereocenters. The molecule has 0 atom stereocenters. The van der Waals surface area contributed by atoms with Gasteiger partial charge in [-0.2, -0.15) is 5.26 Å². The second-order valence-electron chi connectivity index (χ2n) is 3.72. The molecule has 2 nitrogen and oxygen atoms in total. The molecule has 0 aliphatic carbocycles. The van der Waals surface area contributed by atoms with Gasteiger partial charge >= 0.3 is 0 Å². The third-order valence-corrected chi connectivity index (χ3v) is 2.36. The first kappa shape index (κ1) is 15.6. The second-order valence-corrected chi connectivity index (χ2v) is 3.72. The van der Waals surface area contributed by atoms with E-state index in [0.29, 0.717) is 19.5 Å². The van der Waals surface area contributed by atoms with Crippen molar-refractivity contribution >= 4 is 0 Å². The molecule has 3 heteroatoms. The number of hydrogen-bond acceptors (Lipinski definition) is 2. The van der Waals surface area contributed by atoms with Crippen LogP contribution < -0.4 is 0 Å². The van der Waals surface area contributed by atoms with Gasteiger partial charge in [0, 0.05) is 19.5 Å². The van der Waals surface area contributed by atoms with Crippen molar-refractivity contribution in [1.82, 2.24) is 4.90 Å². The van der Waals surface area contributed by atoms with E-state index in [2.05, 4.69) is 6.07 Å². The summed E-state index contributed by atoms with van der Waals surface area (Å²) in [5.74, 6) is -0.204. The van der Waals surface area contributed by atoms with E-state index in [9.17, 15) is 4.39 Å². The molecule has 94 valence electrons. The van der Waals surface area contributed by atoms with Gasteiger partial charge in [-0.1, -0.05) is 19.9 Å². The molecule has 0 saturated heterocycles. The van der Waals surface area contributed by atoms with Gasteiger partial charge in [-0.05, 0) is 37.2 Å². The average molecular weight is 236 g/mol. The fourth-order valence-electron chi connectivity index (χ4n) is 1.42. The number of aryl methyl sites for hydroxylation is 1. The number of halogens is 1. The second kappa shape index (κ2) is 8.72. The summed E-state index contributed by atoms with van der Waals surface area (Å²) in [5, 5.41) is 8.44. The summed E-state index contributed by atoms with van der Waals surface area (Å²) in [6.45, 7) is 7.37. The lowest BCUT2D eigenvalue weighted by Crippen LogP contribution is -2.19. The van der Waals surface area contributed by atoms with E-state index in [0.717, 1.165) is 11.1 Å². The fraction of sp³-hybridized carbons (Fsp3) is 0.500. The topological polar surface area (TPSA) is 27.0 Å². The van der Waals surface area contributed by atoms with Crippen LogP contribution in [0.3, 0.4) is 0 Å². The minimum atomic E-state index is -0.204. The number of rotatable bonds is 4. The molecule has 0 aliphatic rings. The standard InChI is InChI=1S/C12H15FN2.C2H6/c1-10-4-5-12(13)8-11(10)9-15(2)7-3-6-14;1-2/h4-5,8H,3,7,9H2,1-2H3;1-2H3. The summed E-state index contributed by atoms with van der Waals surface area (Å²) in [4.78, 5) is 2.02.